The fraction of sp³-hybridized carbons (Fsp3) is 0.500. The molecule has 0 radical (unpaired) electrons. The molecule has 1 aliphatic heterocycles. The van der Waals surface area contributed by atoms with Gasteiger partial charge in [-0.15, -0.1) is 0 Å². The van der Waals surface area contributed by atoms with Crippen LogP contribution in [0, 0.1) is 0 Å². The number of rotatable bonds is 5. The number of aryl methyl sites for hydroxylation is 1. The summed E-state index contributed by atoms with van der Waals surface area (Å²) in [4.78, 5) is 41.7. The third kappa shape index (κ3) is 3.37. The fourth-order valence-electron chi connectivity index (χ4n) is 3.44. The molecule has 138 valence electrons. The second-order valence-electron chi connectivity index (χ2n) is 6.94. The number of carbonyl (C=O) groups excluding carboxylic acids is 2. The maximum atomic E-state index is 12.7. The van der Waals surface area contributed by atoms with E-state index in [0.717, 1.165) is 23.9 Å². The summed E-state index contributed by atoms with van der Waals surface area (Å²) in [5.74, 6) is -0.183. The van der Waals surface area contributed by atoms with Crippen molar-refractivity contribution in [1.82, 2.24) is 25.1 Å². The van der Waals surface area contributed by atoms with Crippen LogP contribution in [0.5, 0.6) is 0 Å². The molecule has 8 heteroatoms. The van der Waals surface area contributed by atoms with Gasteiger partial charge in [-0.25, -0.2) is 4.79 Å². The van der Waals surface area contributed by atoms with Crippen molar-refractivity contribution in [3.05, 3.63) is 34.7 Å². The van der Waals surface area contributed by atoms with Gasteiger partial charge in [-0.3, -0.25) is 14.2 Å². The largest absolute Gasteiger partial charge is 0.352 e. The first-order valence-corrected chi connectivity index (χ1v) is 9.11. The predicted octanol–water partition coefficient (Wildman–Crippen LogP) is -0.201. The van der Waals surface area contributed by atoms with Crippen molar-refractivity contribution in [2.45, 2.75) is 37.9 Å². The van der Waals surface area contributed by atoms with Gasteiger partial charge in [0.05, 0.1) is 11.0 Å². The number of amides is 2. The van der Waals surface area contributed by atoms with Crippen molar-refractivity contribution < 1.29 is 9.59 Å². The number of nitrogens with zero attached hydrogens (tertiary/aromatic N) is 2. The number of benzene rings is 1. The molecule has 1 aromatic carbocycles. The molecular weight excluding hydrogens is 334 g/mol. The smallest absolute Gasteiger partial charge is 0.326 e. The van der Waals surface area contributed by atoms with Gasteiger partial charge in [0, 0.05) is 38.6 Å². The summed E-state index contributed by atoms with van der Waals surface area (Å²) in [6.07, 6.45) is 2.22. The fourth-order valence-corrected chi connectivity index (χ4v) is 3.44. The zero-order chi connectivity index (χ0) is 18.1. The van der Waals surface area contributed by atoms with Gasteiger partial charge in [-0.1, -0.05) is 12.1 Å². The van der Waals surface area contributed by atoms with E-state index >= 15 is 0 Å². The van der Waals surface area contributed by atoms with Gasteiger partial charge >= 0.3 is 5.69 Å². The quantitative estimate of drug-likeness (QED) is 0.690. The monoisotopic (exact) mass is 357 g/mol. The van der Waals surface area contributed by atoms with Gasteiger partial charge in [0.15, 0.2) is 0 Å². The van der Waals surface area contributed by atoms with Gasteiger partial charge in [0.1, 0.15) is 6.04 Å². The Labute approximate surface area is 150 Å². The van der Waals surface area contributed by atoms with Crippen molar-refractivity contribution in [3.8, 4) is 0 Å². The lowest BCUT2D eigenvalue weighted by Gasteiger charge is -2.35. The summed E-state index contributed by atoms with van der Waals surface area (Å²) in [6.45, 7) is 1.94. The summed E-state index contributed by atoms with van der Waals surface area (Å²) in [5, 5.41) is 6.16. The topological polar surface area (TPSA) is 99.2 Å². The average molecular weight is 357 g/mol. The number of nitrogens with one attached hydrogen (secondary N) is 3. The third-order valence-electron chi connectivity index (χ3n) is 5.02. The van der Waals surface area contributed by atoms with E-state index in [1.165, 1.54) is 0 Å². The van der Waals surface area contributed by atoms with E-state index < -0.39 is 6.04 Å². The minimum Gasteiger partial charge on any atom is -0.352 e. The number of aromatic amines is 1. The molecule has 1 atom stereocenters. The number of H-pyrrole nitrogens is 1. The third-order valence-corrected chi connectivity index (χ3v) is 5.02. The number of aromatic nitrogens is 2. The molecule has 1 saturated carbocycles. The summed E-state index contributed by atoms with van der Waals surface area (Å²) < 4.78 is 1.58. The SMILES string of the molecule is O=C(NC1CC1)[C@H]1CNCCN1C(=O)CCn1c(=O)[nH]c2ccccc21. The highest BCUT2D eigenvalue weighted by Gasteiger charge is 2.34. The minimum atomic E-state index is -0.475. The highest BCUT2D eigenvalue weighted by Crippen LogP contribution is 2.19. The molecule has 2 aromatic rings. The van der Waals surface area contributed by atoms with Crippen LogP contribution in [-0.4, -0.2) is 58.0 Å². The Morgan fingerprint density at radius 2 is 2.04 bits per heavy atom. The van der Waals surface area contributed by atoms with Crippen molar-refractivity contribution in [1.29, 1.82) is 0 Å². The number of hydrogen-bond donors (Lipinski definition) is 3. The lowest BCUT2D eigenvalue weighted by Crippen LogP contribution is -2.59. The average Bonchev–Trinajstić information content (AvgIpc) is 3.40. The van der Waals surface area contributed by atoms with Crippen LogP contribution in [0.3, 0.4) is 0 Å². The zero-order valence-electron chi connectivity index (χ0n) is 14.5. The number of imidazole rings is 1. The molecule has 1 aliphatic carbocycles. The van der Waals surface area contributed by atoms with Gasteiger partial charge in [-0.2, -0.15) is 0 Å². The molecule has 2 heterocycles. The molecule has 4 rings (SSSR count). The normalized spacial score (nSPS) is 20.3. The number of hydrogen-bond acceptors (Lipinski definition) is 4. The molecule has 2 amide bonds. The second-order valence-corrected chi connectivity index (χ2v) is 6.94. The minimum absolute atomic E-state index is 0.0858. The first kappa shape index (κ1) is 16.8. The number of carbonyl (C=O) groups is 2. The summed E-state index contributed by atoms with van der Waals surface area (Å²) in [7, 11) is 0. The lowest BCUT2D eigenvalue weighted by molar-refractivity contribution is -0.141. The molecule has 3 N–H and O–H groups in total. The molecule has 8 nitrogen and oxygen atoms in total. The molecule has 1 aromatic heterocycles. The Bertz CT molecular complexity index is 882. The Kier molecular flexibility index (Phi) is 4.50. The van der Waals surface area contributed by atoms with E-state index in [4.69, 9.17) is 0 Å². The van der Waals surface area contributed by atoms with Crippen LogP contribution in [0.15, 0.2) is 29.1 Å². The van der Waals surface area contributed by atoms with Crippen LogP contribution < -0.4 is 16.3 Å². The summed E-state index contributed by atoms with van der Waals surface area (Å²) in [5.41, 5.74) is 1.32. The van der Waals surface area contributed by atoms with Crippen LogP contribution in [0.25, 0.3) is 11.0 Å². The molecule has 26 heavy (non-hydrogen) atoms. The van der Waals surface area contributed by atoms with E-state index in [9.17, 15) is 14.4 Å². The molecule has 0 bridgehead atoms. The molecule has 2 fully saturated rings. The van der Waals surface area contributed by atoms with Crippen molar-refractivity contribution >= 4 is 22.8 Å². The van der Waals surface area contributed by atoms with Crippen molar-refractivity contribution in [3.63, 3.8) is 0 Å². The van der Waals surface area contributed by atoms with Crippen LogP contribution >= 0.6 is 0 Å². The van der Waals surface area contributed by atoms with Crippen LogP contribution in [0.2, 0.25) is 0 Å². The first-order valence-electron chi connectivity index (χ1n) is 9.11. The molecule has 2 aliphatic rings. The van der Waals surface area contributed by atoms with E-state index in [0.29, 0.717) is 26.2 Å². The second kappa shape index (κ2) is 6.95. The van der Waals surface area contributed by atoms with E-state index in [-0.39, 0.29) is 30.0 Å². The van der Waals surface area contributed by atoms with Crippen LogP contribution in [0.4, 0.5) is 0 Å². The van der Waals surface area contributed by atoms with Crippen LogP contribution in [-0.2, 0) is 16.1 Å². The standard InChI is InChI=1S/C18H23N5O3/c24-16(7-9-23-14-4-2-1-3-13(14)21-18(23)26)22-10-8-19-11-15(22)17(25)20-12-5-6-12/h1-4,12,15,19H,5-11H2,(H,20,25)(H,21,26)/t15-/m1/s1. The van der Waals surface area contributed by atoms with Gasteiger partial charge in [0.2, 0.25) is 11.8 Å². The highest BCUT2D eigenvalue weighted by atomic mass is 16.2. The Hall–Kier alpha value is -2.61. The number of piperazine rings is 1. The Balaban J connectivity index is 1.44. The Morgan fingerprint density at radius 1 is 1.23 bits per heavy atom. The molecule has 1 saturated heterocycles. The summed E-state index contributed by atoms with van der Waals surface area (Å²) >= 11 is 0. The van der Waals surface area contributed by atoms with E-state index in [2.05, 4.69) is 15.6 Å². The van der Waals surface area contributed by atoms with Crippen molar-refractivity contribution in [2.75, 3.05) is 19.6 Å². The number of fused-ring (bicyclic) bond motifs is 1. The molecular formula is C18H23N5O3. The van der Waals surface area contributed by atoms with E-state index in [1.54, 1.807) is 9.47 Å². The molecule has 0 spiro atoms. The number of para-hydroxylation sites is 2. The predicted molar refractivity (Wildman–Crippen MR) is 96.7 cm³/mol. The first-order chi connectivity index (χ1) is 12.6. The van der Waals surface area contributed by atoms with Gasteiger partial charge in [0.25, 0.3) is 0 Å². The zero-order valence-corrected chi connectivity index (χ0v) is 14.5. The van der Waals surface area contributed by atoms with E-state index in [1.807, 2.05) is 24.3 Å². The highest BCUT2D eigenvalue weighted by molar-refractivity contribution is 5.88. The Morgan fingerprint density at radius 3 is 2.85 bits per heavy atom. The van der Waals surface area contributed by atoms with Crippen LogP contribution in [0.1, 0.15) is 19.3 Å². The lowest BCUT2D eigenvalue weighted by atomic mass is 10.1. The summed E-state index contributed by atoms with van der Waals surface area (Å²) in [6, 6.07) is 7.21. The maximum absolute atomic E-state index is 12.7. The van der Waals surface area contributed by atoms with Crippen molar-refractivity contribution in [2.24, 2.45) is 0 Å². The van der Waals surface area contributed by atoms with Gasteiger partial charge in [-0.05, 0) is 25.0 Å². The van der Waals surface area contributed by atoms with Gasteiger partial charge < -0.3 is 20.5 Å². The molecule has 0 unspecified atom stereocenters. The maximum Gasteiger partial charge on any atom is 0.326 e.